The third kappa shape index (κ3) is 3.42. The lowest BCUT2D eigenvalue weighted by Crippen LogP contribution is -2.23. The number of benzene rings is 1. The van der Waals surface area contributed by atoms with Gasteiger partial charge in [-0.15, -0.1) is 0 Å². The molecular formula is C11H15FOSi. The van der Waals surface area contributed by atoms with Gasteiger partial charge in [0.15, 0.2) is 5.78 Å². The molecule has 0 saturated carbocycles. The highest BCUT2D eigenvalue weighted by atomic mass is 28.3. The van der Waals surface area contributed by atoms with Gasteiger partial charge in [-0.25, -0.2) is 4.39 Å². The Kier molecular flexibility index (Phi) is 3.21. The van der Waals surface area contributed by atoms with Crippen molar-refractivity contribution in [3.63, 3.8) is 0 Å². The van der Waals surface area contributed by atoms with Crippen molar-refractivity contribution >= 4 is 13.9 Å². The van der Waals surface area contributed by atoms with Gasteiger partial charge in [-0.05, 0) is 12.1 Å². The molecule has 14 heavy (non-hydrogen) atoms. The average Bonchev–Trinajstić information content (AvgIpc) is 2.01. The van der Waals surface area contributed by atoms with Crippen LogP contribution in [0.5, 0.6) is 0 Å². The van der Waals surface area contributed by atoms with Gasteiger partial charge in [-0.2, -0.15) is 0 Å². The van der Waals surface area contributed by atoms with Crippen LogP contribution in [0, 0.1) is 5.82 Å². The summed E-state index contributed by atoms with van der Waals surface area (Å²) >= 11 is 0. The molecule has 1 aromatic carbocycles. The molecule has 76 valence electrons. The highest BCUT2D eigenvalue weighted by Gasteiger charge is 2.19. The third-order valence-electron chi connectivity index (χ3n) is 1.84. The summed E-state index contributed by atoms with van der Waals surface area (Å²) in [6, 6.07) is 6.49. The second-order valence-corrected chi connectivity index (χ2v) is 10.1. The Morgan fingerprint density at radius 1 is 1.36 bits per heavy atom. The van der Waals surface area contributed by atoms with Crippen LogP contribution >= 0.6 is 0 Å². The van der Waals surface area contributed by atoms with E-state index in [2.05, 4.69) is 19.6 Å². The molecular weight excluding hydrogens is 195 g/mol. The van der Waals surface area contributed by atoms with Gasteiger partial charge in [0.05, 0.1) is 8.07 Å². The lowest BCUT2D eigenvalue weighted by molar-refractivity contribution is 0.101. The minimum Gasteiger partial charge on any atom is -0.295 e. The van der Waals surface area contributed by atoms with Gasteiger partial charge in [-0.1, -0.05) is 31.8 Å². The summed E-state index contributed by atoms with van der Waals surface area (Å²) < 4.78 is 12.8. The number of hydrogen-bond donors (Lipinski definition) is 0. The van der Waals surface area contributed by atoms with Gasteiger partial charge in [0.25, 0.3) is 0 Å². The fraction of sp³-hybridized carbons (Fsp3) is 0.364. The zero-order valence-electron chi connectivity index (χ0n) is 8.80. The number of Topliss-reactive ketones (excluding diaryl/α,β-unsaturated/α-hetero) is 1. The van der Waals surface area contributed by atoms with Crippen molar-refractivity contribution < 1.29 is 9.18 Å². The first-order valence-corrected chi connectivity index (χ1v) is 8.38. The Labute approximate surface area is 85.0 Å². The summed E-state index contributed by atoms with van der Waals surface area (Å²) in [4.78, 5) is 11.7. The minimum atomic E-state index is -1.39. The first kappa shape index (κ1) is 11.1. The van der Waals surface area contributed by atoms with Crippen LogP contribution in [0.15, 0.2) is 24.3 Å². The summed E-state index contributed by atoms with van der Waals surface area (Å²) in [6.07, 6.45) is 0. The molecule has 1 nitrogen and oxygen atoms in total. The van der Waals surface area contributed by atoms with Gasteiger partial charge < -0.3 is 0 Å². The van der Waals surface area contributed by atoms with Crippen LogP contribution < -0.4 is 0 Å². The zero-order chi connectivity index (χ0) is 10.8. The molecule has 0 amide bonds. The second kappa shape index (κ2) is 4.05. The van der Waals surface area contributed by atoms with E-state index < -0.39 is 8.07 Å². The van der Waals surface area contributed by atoms with E-state index in [4.69, 9.17) is 0 Å². The summed E-state index contributed by atoms with van der Waals surface area (Å²) in [7, 11) is -1.39. The molecule has 3 heteroatoms. The Balaban J connectivity index is 2.80. The van der Waals surface area contributed by atoms with Crippen molar-refractivity contribution in [2.45, 2.75) is 25.7 Å². The second-order valence-electron chi connectivity index (χ2n) is 4.67. The molecule has 0 unspecified atom stereocenters. The minimum absolute atomic E-state index is 0.0590. The Hall–Kier alpha value is -0.963. The standard InChI is InChI=1S/C11H15FOSi/c1-14(2,3)8-11(13)9-5-4-6-10(12)7-9/h4-7H,8H2,1-3H3. The van der Waals surface area contributed by atoms with E-state index in [9.17, 15) is 9.18 Å². The Morgan fingerprint density at radius 3 is 2.50 bits per heavy atom. The van der Waals surface area contributed by atoms with Gasteiger partial charge in [-0.3, -0.25) is 4.79 Å². The molecule has 0 spiro atoms. The maximum Gasteiger partial charge on any atom is 0.160 e. The molecule has 1 rings (SSSR count). The van der Waals surface area contributed by atoms with Crippen molar-refractivity contribution in [1.82, 2.24) is 0 Å². The predicted octanol–water partition coefficient (Wildman–Crippen LogP) is 3.35. The number of halogens is 1. The molecule has 0 aromatic heterocycles. The largest absolute Gasteiger partial charge is 0.295 e. The molecule has 0 N–H and O–H groups in total. The van der Waals surface area contributed by atoms with Crippen molar-refractivity contribution in [2.75, 3.05) is 0 Å². The van der Waals surface area contributed by atoms with Crippen molar-refractivity contribution in [2.24, 2.45) is 0 Å². The summed E-state index contributed by atoms with van der Waals surface area (Å²) in [5.41, 5.74) is 0.493. The zero-order valence-corrected chi connectivity index (χ0v) is 9.80. The van der Waals surface area contributed by atoms with Crippen LogP contribution in [0.25, 0.3) is 0 Å². The van der Waals surface area contributed by atoms with Crippen LogP contribution in [0.3, 0.4) is 0 Å². The lowest BCUT2D eigenvalue weighted by atomic mass is 10.1. The molecule has 0 heterocycles. The lowest BCUT2D eigenvalue weighted by Gasteiger charge is -2.14. The Morgan fingerprint density at radius 2 is 2.00 bits per heavy atom. The summed E-state index contributed by atoms with van der Waals surface area (Å²) in [5.74, 6) is -0.282. The first-order valence-electron chi connectivity index (χ1n) is 4.67. The van der Waals surface area contributed by atoms with Crippen molar-refractivity contribution in [3.8, 4) is 0 Å². The van der Waals surface area contributed by atoms with Crippen LogP contribution in [0.1, 0.15) is 10.4 Å². The maximum absolute atomic E-state index is 12.8. The topological polar surface area (TPSA) is 17.1 Å². The molecule has 0 radical (unpaired) electrons. The van der Waals surface area contributed by atoms with Crippen LogP contribution in [-0.4, -0.2) is 13.9 Å². The highest BCUT2D eigenvalue weighted by molar-refractivity contribution is 6.79. The molecule has 0 aliphatic rings. The van der Waals surface area contributed by atoms with E-state index in [1.807, 2.05) is 0 Å². The first-order chi connectivity index (χ1) is 6.38. The van der Waals surface area contributed by atoms with E-state index in [1.165, 1.54) is 12.1 Å². The van der Waals surface area contributed by atoms with Crippen LogP contribution in [-0.2, 0) is 0 Å². The fourth-order valence-electron chi connectivity index (χ4n) is 1.25. The number of rotatable bonds is 3. The molecule has 1 aromatic rings. The third-order valence-corrected chi connectivity index (χ3v) is 3.22. The summed E-state index contributed by atoms with van der Waals surface area (Å²) in [5, 5.41) is 0. The monoisotopic (exact) mass is 210 g/mol. The molecule has 0 atom stereocenters. The van der Waals surface area contributed by atoms with Gasteiger partial charge in [0, 0.05) is 11.6 Å². The van der Waals surface area contributed by atoms with Gasteiger partial charge in [0.1, 0.15) is 5.82 Å². The normalized spacial score (nSPS) is 11.4. The number of ketones is 1. The molecule has 0 saturated heterocycles. The van der Waals surface area contributed by atoms with E-state index in [0.717, 1.165) is 0 Å². The number of carbonyl (C=O) groups excluding carboxylic acids is 1. The van der Waals surface area contributed by atoms with Crippen LogP contribution in [0.2, 0.25) is 25.7 Å². The predicted molar refractivity (Wildman–Crippen MR) is 58.9 cm³/mol. The quantitative estimate of drug-likeness (QED) is 0.552. The molecule has 0 bridgehead atoms. The van der Waals surface area contributed by atoms with E-state index >= 15 is 0 Å². The van der Waals surface area contributed by atoms with Gasteiger partial charge in [0.2, 0.25) is 0 Å². The maximum atomic E-state index is 12.8. The fourth-order valence-corrected chi connectivity index (χ4v) is 2.41. The van der Waals surface area contributed by atoms with E-state index in [-0.39, 0.29) is 11.6 Å². The van der Waals surface area contributed by atoms with E-state index in [1.54, 1.807) is 12.1 Å². The average molecular weight is 210 g/mol. The van der Waals surface area contributed by atoms with Crippen LogP contribution in [0.4, 0.5) is 4.39 Å². The van der Waals surface area contributed by atoms with E-state index in [0.29, 0.717) is 11.6 Å². The molecule has 0 aliphatic carbocycles. The highest BCUT2D eigenvalue weighted by Crippen LogP contribution is 2.14. The van der Waals surface area contributed by atoms with Gasteiger partial charge >= 0.3 is 0 Å². The SMILES string of the molecule is C[Si](C)(C)CC(=O)c1cccc(F)c1. The molecule has 0 fully saturated rings. The number of carbonyl (C=O) groups is 1. The number of hydrogen-bond acceptors (Lipinski definition) is 1. The van der Waals surface area contributed by atoms with Crippen molar-refractivity contribution in [3.05, 3.63) is 35.6 Å². The Bertz CT molecular complexity index is 341. The van der Waals surface area contributed by atoms with Crippen molar-refractivity contribution in [1.29, 1.82) is 0 Å². The molecule has 0 aliphatic heterocycles. The smallest absolute Gasteiger partial charge is 0.160 e. The summed E-state index contributed by atoms with van der Waals surface area (Å²) in [6.45, 7) is 6.39.